The number of carbonyl (C=O) groups is 3. The molecule has 3 N–H and O–H groups in total. The number of aliphatic carboxylic acids is 2. The van der Waals surface area contributed by atoms with Crippen LogP contribution in [-0.4, -0.2) is 67.6 Å². The Balaban J connectivity index is 0.000000781. The fraction of sp³-hybridized carbons (Fsp3) is 0.393. The molecule has 1 unspecified atom stereocenters. The quantitative estimate of drug-likeness (QED) is 0.311. The van der Waals surface area contributed by atoms with Gasteiger partial charge in [0.25, 0.3) is 0 Å². The summed E-state index contributed by atoms with van der Waals surface area (Å²) in [6, 6.07) is 10.1. The highest BCUT2D eigenvalue weighted by Crippen LogP contribution is 2.51. The number of nitrogens with zero attached hydrogens (tertiary/aromatic N) is 1. The molecule has 0 aromatic heterocycles. The van der Waals surface area contributed by atoms with Gasteiger partial charge in [-0.25, -0.2) is 14.4 Å². The molecule has 38 heavy (non-hydrogen) atoms. The summed E-state index contributed by atoms with van der Waals surface area (Å²) >= 11 is 0. The van der Waals surface area contributed by atoms with Gasteiger partial charge in [-0.05, 0) is 38.2 Å². The number of anilines is 1. The van der Waals surface area contributed by atoms with Gasteiger partial charge in [0, 0.05) is 30.8 Å². The van der Waals surface area contributed by atoms with Crippen LogP contribution in [0.15, 0.2) is 42.5 Å². The molecule has 0 aliphatic carbocycles. The summed E-state index contributed by atoms with van der Waals surface area (Å²) in [5, 5.41) is 25.9. The normalized spacial score (nSPS) is 11.2. The third kappa shape index (κ3) is 8.16. The van der Waals surface area contributed by atoms with Gasteiger partial charge in [0.05, 0.1) is 32.6 Å². The van der Waals surface area contributed by atoms with E-state index in [-0.39, 0.29) is 11.5 Å². The van der Waals surface area contributed by atoms with Crippen molar-refractivity contribution in [3.05, 3.63) is 59.2 Å². The number of methoxy groups -OCH3 is 3. The molecule has 0 fully saturated rings. The first-order valence-corrected chi connectivity index (χ1v) is 12.1. The highest BCUT2D eigenvalue weighted by molar-refractivity contribution is 6.00. The van der Waals surface area contributed by atoms with Crippen molar-refractivity contribution in [1.82, 2.24) is 0 Å². The van der Waals surface area contributed by atoms with E-state index in [1.807, 2.05) is 36.9 Å². The van der Waals surface area contributed by atoms with Gasteiger partial charge in [-0.2, -0.15) is 0 Å². The Morgan fingerprint density at radius 2 is 1.32 bits per heavy atom. The van der Waals surface area contributed by atoms with Crippen LogP contribution in [0.4, 0.5) is 5.69 Å². The number of carboxylic acids is 3. The van der Waals surface area contributed by atoms with Crippen LogP contribution in [0, 0.1) is 0 Å². The van der Waals surface area contributed by atoms with Gasteiger partial charge in [0.15, 0.2) is 11.5 Å². The number of carboxylic acid groups (broad SMARTS) is 3. The zero-order valence-electron chi connectivity index (χ0n) is 22.7. The summed E-state index contributed by atoms with van der Waals surface area (Å²) in [5.74, 6) is -2.16. The number of rotatable bonds is 13. The van der Waals surface area contributed by atoms with Gasteiger partial charge >= 0.3 is 17.9 Å². The summed E-state index contributed by atoms with van der Waals surface area (Å²) in [7, 11) is 4.60. The Kier molecular flexibility index (Phi) is 13.2. The first kappa shape index (κ1) is 31.8. The smallest absolute Gasteiger partial charge is 0.338 e. The summed E-state index contributed by atoms with van der Waals surface area (Å²) < 4.78 is 17.0. The van der Waals surface area contributed by atoms with Crippen molar-refractivity contribution >= 4 is 23.6 Å². The molecule has 10 nitrogen and oxygen atoms in total. The molecule has 0 aliphatic heterocycles. The fourth-order valence-electron chi connectivity index (χ4n) is 4.19. The van der Waals surface area contributed by atoms with Crippen molar-refractivity contribution in [2.45, 2.75) is 39.5 Å². The van der Waals surface area contributed by atoms with Crippen LogP contribution >= 0.6 is 0 Å². The topological polar surface area (TPSA) is 143 Å². The van der Waals surface area contributed by atoms with E-state index in [4.69, 9.17) is 24.4 Å². The SMILES string of the molecule is CCC(Cc1c(OC)c(OC)c(OC)c(N(CC)CC)c1C(=O)O)c1ccccc1.O=C(O)C=CC(=O)O. The van der Waals surface area contributed by atoms with Crippen molar-refractivity contribution < 1.29 is 43.9 Å². The second kappa shape index (κ2) is 15.8. The zero-order chi connectivity index (χ0) is 28.8. The minimum Gasteiger partial charge on any atom is -0.492 e. The van der Waals surface area contributed by atoms with E-state index in [1.54, 1.807) is 7.11 Å². The molecule has 0 saturated heterocycles. The minimum absolute atomic E-state index is 0.140. The second-order valence-electron chi connectivity index (χ2n) is 8.01. The van der Waals surface area contributed by atoms with Crippen LogP contribution in [0.2, 0.25) is 0 Å². The molecule has 0 heterocycles. The van der Waals surface area contributed by atoms with E-state index in [2.05, 4.69) is 19.1 Å². The first-order chi connectivity index (χ1) is 18.1. The van der Waals surface area contributed by atoms with E-state index in [0.29, 0.717) is 60.2 Å². The number of ether oxygens (including phenoxy) is 3. The molecule has 1 atom stereocenters. The fourth-order valence-corrected chi connectivity index (χ4v) is 4.19. The molecule has 0 aliphatic rings. The summed E-state index contributed by atoms with van der Waals surface area (Å²) in [6.07, 6.45) is 2.49. The van der Waals surface area contributed by atoms with Gasteiger partial charge in [-0.3, -0.25) is 0 Å². The van der Waals surface area contributed by atoms with Crippen LogP contribution in [0.3, 0.4) is 0 Å². The molecule has 208 valence electrons. The molecule has 0 radical (unpaired) electrons. The average Bonchev–Trinajstić information content (AvgIpc) is 2.91. The van der Waals surface area contributed by atoms with Crippen LogP contribution in [0.25, 0.3) is 0 Å². The van der Waals surface area contributed by atoms with Crippen molar-refractivity contribution in [2.75, 3.05) is 39.3 Å². The van der Waals surface area contributed by atoms with Crippen LogP contribution in [0.5, 0.6) is 17.2 Å². The third-order valence-corrected chi connectivity index (χ3v) is 5.93. The lowest BCUT2D eigenvalue weighted by Gasteiger charge is -2.30. The van der Waals surface area contributed by atoms with Gasteiger partial charge in [0.1, 0.15) is 0 Å². The predicted molar refractivity (Wildman–Crippen MR) is 144 cm³/mol. The van der Waals surface area contributed by atoms with Crippen molar-refractivity contribution in [1.29, 1.82) is 0 Å². The monoisotopic (exact) mass is 531 g/mol. The van der Waals surface area contributed by atoms with E-state index in [1.165, 1.54) is 14.2 Å². The molecule has 2 aromatic carbocycles. The molecular formula is C28H37NO9. The largest absolute Gasteiger partial charge is 0.492 e. The lowest BCUT2D eigenvalue weighted by molar-refractivity contribution is -0.134. The van der Waals surface area contributed by atoms with Gasteiger partial charge in [-0.15, -0.1) is 0 Å². The van der Waals surface area contributed by atoms with Crippen LogP contribution < -0.4 is 19.1 Å². The lowest BCUT2D eigenvalue weighted by atomic mass is 9.86. The third-order valence-electron chi connectivity index (χ3n) is 5.93. The van der Waals surface area contributed by atoms with Crippen molar-refractivity contribution in [3.63, 3.8) is 0 Å². The standard InChI is InChI=1S/C24H33NO5.C4H4O4/c1-7-16(17-13-11-10-12-14-17)15-18-19(24(26)27)20(25(8-2)9-3)22(29-5)23(30-6)21(18)28-4;5-3(6)1-2-4(7)8/h10-14,16H,7-9,15H2,1-6H3,(H,26,27);1-2H,(H,5,6)(H,7,8). The molecule has 0 bridgehead atoms. The first-order valence-electron chi connectivity index (χ1n) is 12.1. The van der Waals surface area contributed by atoms with E-state index in [9.17, 15) is 19.5 Å². The number of benzene rings is 2. The average molecular weight is 532 g/mol. The number of aromatic carboxylic acids is 1. The molecule has 10 heteroatoms. The number of hydrogen-bond donors (Lipinski definition) is 3. The molecule has 0 saturated carbocycles. The molecule has 0 amide bonds. The van der Waals surface area contributed by atoms with Crippen molar-refractivity contribution in [3.8, 4) is 17.2 Å². The summed E-state index contributed by atoms with van der Waals surface area (Å²) in [5.41, 5.74) is 2.53. The molecule has 0 spiro atoms. The maximum absolute atomic E-state index is 12.5. The Labute approximate surface area is 223 Å². The molecular weight excluding hydrogens is 494 g/mol. The number of hydrogen-bond acceptors (Lipinski definition) is 7. The lowest BCUT2D eigenvalue weighted by Crippen LogP contribution is -2.26. The van der Waals surface area contributed by atoms with Gasteiger partial charge in [-0.1, -0.05) is 37.3 Å². The summed E-state index contributed by atoms with van der Waals surface area (Å²) in [6.45, 7) is 7.36. The second-order valence-corrected chi connectivity index (χ2v) is 8.01. The van der Waals surface area contributed by atoms with Crippen molar-refractivity contribution in [2.24, 2.45) is 0 Å². The maximum Gasteiger partial charge on any atom is 0.338 e. The van der Waals surface area contributed by atoms with Gasteiger partial charge < -0.3 is 34.4 Å². The van der Waals surface area contributed by atoms with Crippen LogP contribution in [0.1, 0.15) is 54.6 Å². The summed E-state index contributed by atoms with van der Waals surface area (Å²) in [4.78, 5) is 33.6. The van der Waals surface area contributed by atoms with E-state index < -0.39 is 17.9 Å². The molecule has 2 rings (SSSR count). The zero-order valence-corrected chi connectivity index (χ0v) is 22.7. The molecule has 2 aromatic rings. The Hall–Kier alpha value is -4.21. The Morgan fingerprint density at radius 3 is 1.68 bits per heavy atom. The van der Waals surface area contributed by atoms with E-state index in [0.717, 1.165) is 12.0 Å². The highest BCUT2D eigenvalue weighted by atomic mass is 16.5. The van der Waals surface area contributed by atoms with E-state index >= 15 is 0 Å². The minimum atomic E-state index is -1.26. The Bertz CT molecular complexity index is 1090. The van der Waals surface area contributed by atoms with Gasteiger partial charge in [0.2, 0.25) is 5.75 Å². The Morgan fingerprint density at radius 1 is 0.816 bits per heavy atom. The predicted octanol–water partition coefficient (Wildman–Crippen LogP) is 4.70. The highest BCUT2D eigenvalue weighted by Gasteiger charge is 2.33. The maximum atomic E-state index is 12.5. The van der Waals surface area contributed by atoms with Crippen LogP contribution in [-0.2, 0) is 16.0 Å².